The van der Waals surface area contributed by atoms with Crippen molar-refractivity contribution >= 4 is 11.6 Å². The molecule has 0 unspecified atom stereocenters. The zero-order chi connectivity index (χ0) is 13.3. The minimum Gasteiger partial charge on any atom is -0.298 e. The standard InChI is InChI=1S/C16H19ClN2/c17-10-13-19(14-15-6-2-1-3-7-15)12-9-16-8-4-5-11-18-16/h1-8,11H,9-10,12-14H2. The highest BCUT2D eigenvalue weighted by atomic mass is 35.5. The summed E-state index contributed by atoms with van der Waals surface area (Å²) < 4.78 is 0. The summed E-state index contributed by atoms with van der Waals surface area (Å²) in [5.41, 5.74) is 2.46. The minimum absolute atomic E-state index is 0.662. The van der Waals surface area contributed by atoms with Crippen molar-refractivity contribution < 1.29 is 0 Å². The Morgan fingerprint density at radius 1 is 0.947 bits per heavy atom. The maximum atomic E-state index is 5.89. The van der Waals surface area contributed by atoms with E-state index >= 15 is 0 Å². The summed E-state index contributed by atoms with van der Waals surface area (Å²) in [6.07, 6.45) is 2.81. The van der Waals surface area contributed by atoms with Crippen LogP contribution in [-0.4, -0.2) is 28.9 Å². The Kier molecular flexibility index (Phi) is 5.86. The topological polar surface area (TPSA) is 16.1 Å². The van der Waals surface area contributed by atoms with E-state index in [0.29, 0.717) is 5.88 Å². The molecule has 1 aromatic carbocycles. The number of halogens is 1. The molecule has 0 saturated heterocycles. The van der Waals surface area contributed by atoms with Gasteiger partial charge in [-0.25, -0.2) is 0 Å². The Hall–Kier alpha value is -1.38. The van der Waals surface area contributed by atoms with Gasteiger partial charge in [-0.15, -0.1) is 11.6 Å². The normalized spacial score (nSPS) is 10.8. The quantitative estimate of drug-likeness (QED) is 0.720. The van der Waals surface area contributed by atoms with Gasteiger partial charge in [-0.3, -0.25) is 9.88 Å². The van der Waals surface area contributed by atoms with Crippen molar-refractivity contribution in [2.24, 2.45) is 0 Å². The second-order valence-electron chi connectivity index (χ2n) is 4.52. The van der Waals surface area contributed by atoms with Crippen molar-refractivity contribution in [1.82, 2.24) is 9.88 Å². The largest absolute Gasteiger partial charge is 0.298 e. The van der Waals surface area contributed by atoms with Gasteiger partial charge in [-0.2, -0.15) is 0 Å². The zero-order valence-electron chi connectivity index (χ0n) is 11.0. The lowest BCUT2D eigenvalue weighted by molar-refractivity contribution is 0.284. The SMILES string of the molecule is ClCCN(CCc1ccccn1)Cc1ccccc1. The van der Waals surface area contributed by atoms with Crippen LogP contribution in [0.25, 0.3) is 0 Å². The lowest BCUT2D eigenvalue weighted by Gasteiger charge is -2.21. The Bertz CT molecular complexity index is 459. The highest BCUT2D eigenvalue weighted by Gasteiger charge is 2.06. The second-order valence-corrected chi connectivity index (χ2v) is 4.90. The second kappa shape index (κ2) is 7.93. The van der Waals surface area contributed by atoms with Gasteiger partial charge in [0.25, 0.3) is 0 Å². The fourth-order valence-electron chi connectivity index (χ4n) is 2.05. The highest BCUT2D eigenvalue weighted by molar-refractivity contribution is 6.18. The molecular weight excluding hydrogens is 256 g/mol. The molecule has 0 bridgehead atoms. The van der Waals surface area contributed by atoms with Crippen LogP contribution < -0.4 is 0 Å². The first kappa shape index (κ1) is 14.0. The van der Waals surface area contributed by atoms with Gasteiger partial charge in [0, 0.05) is 43.8 Å². The first-order valence-corrected chi connectivity index (χ1v) is 7.14. The first-order valence-electron chi connectivity index (χ1n) is 6.60. The summed E-state index contributed by atoms with van der Waals surface area (Å²) in [5, 5.41) is 0. The molecule has 0 fully saturated rings. The van der Waals surface area contributed by atoms with E-state index in [1.165, 1.54) is 5.56 Å². The van der Waals surface area contributed by atoms with Crippen LogP contribution in [0.2, 0.25) is 0 Å². The Balaban J connectivity index is 1.89. The van der Waals surface area contributed by atoms with Crippen LogP contribution in [0.1, 0.15) is 11.3 Å². The van der Waals surface area contributed by atoms with E-state index in [2.05, 4.69) is 40.2 Å². The molecule has 2 rings (SSSR count). The predicted octanol–water partition coefficient (Wildman–Crippen LogP) is 3.37. The number of hydrogen-bond acceptors (Lipinski definition) is 2. The molecule has 0 amide bonds. The Labute approximate surface area is 120 Å². The average Bonchev–Trinajstić information content (AvgIpc) is 2.47. The van der Waals surface area contributed by atoms with Crippen molar-refractivity contribution in [2.75, 3.05) is 19.0 Å². The predicted molar refractivity (Wildman–Crippen MR) is 80.4 cm³/mol. The van der Waals surface area contributed by atoms with E-state index in [0.717, 1.165) is 31.7 Å². The number of aromatic nitrogens is 1. The fourth-order valence-corrected chi connectivity index (χ4v) is 2.29. The summed E-state index contributed by atoms with van der Waals surface area (Å²) >= 11 is 5.89. The molecule has 0 N–H and O–H groups in total. The van der Waals surface area contributed by atoms with Gasteiger partial charge in [0.05, 0.1) is 0 Å². The molecule has 0 spiro atoms. The molecule has 100 valence electrons. The molecule has 0 aliphatic rings. The maximum absolute atomic E-state index is 5.89. The van der Waals surface area contributed by atoms with Crippen LogP contribution >= 0.6 is 11.6 Å². The number of benzene rings is 1. The van der Waals surface area contributed by atoms with Crippen molar-refractivity contribution in [1.29, 1.82) is 0 Å². The molecule has 3 heteroatoms. The highest BCUT2D eigenvalue weighted by Crippen LogP contribution is 2.06. The van der Waals surface area contributed by atoms with E-state index in [1.54, 1.807) is 0 Å². The molecule has 2 aromatic rings. The maximum Gasteiger partial charge on any atom is 0.0416 e. The third-order valence-corrected chi connectivity index (χ3v) is 3.23. The third kappa shape index (κ3) is 5.01. The molecule has 19 heavy (non-hydrogen) atoms. The molecule has 0 radical (unpaired) electrons. The van der Waals surface area contributed by atoms with E-state index in [4.69, 9.17) is 11.6 Å². The van der Waals surface area contributed by atoms with E-state index in [9.17, 15) is 0 Å². The molecule has 2 nitrogen and oxygen atoms in total. The average molecular weight is 275 g/mol. The molecule has 1 heterocycles. The smallest absolute Gasteiger partial charge is 0.0416 e. The molecule has 0 atom stereocenters. The lowest BCUT2D eigenvalue weighted by Crippen LogP contribution is -2.27. The third-order valence-electron chi connectivity index (χ3n) is 3.06. The van der Waals surface area contributed by atoms with Crippen LogP contribution in [0.5, 0.6) is 0 Å². The summed E-state index contributed by atoms with van der Waals surface area (Å²) in [6.45, 7) is 2.84. The summed E-state index contributed by atoms with van der Waals surface area (Å²) in [4.78, 5) is 6.73. The van der Waals surface area contributed by atoms with Crippen LogP contribution in [0.3, 0.4) is 0 Å². The number of pyridine rings is 1. The van der Waals surface area contributed by atoms with E-state index < -0.39 is 0 Å². The molecule has 0 aliphatic heterocycles. The first-order chi connectivity index (χ1) is 9.38. The monoisotopic (exact) mass is 274 g/mol. The van der Waals surface area contributed by atoms with Crippen molar-refractivity contribution in [3.63, 3.8) is 0 Å². The number of nitrogens with zero attached hydrogens (tertiary/aromatic N) is 2. The van der Waals surface area contributed by atoms with Gasteiger partial charge in [0.1, 0.15) is 0 Å². The zero-order valence-corrected chi connectivity index (χ0v) is 11.8. The number of alkyl halides is 1. The van der Waals surface area contributed by atoms with E-state index in [-0.39, 0.29) is 0 Å². The Morgan fingerprint density at radius 3 is 2.42 bits per heavy atom. The van der Waals surface area contributed by atoms with Crippen molar-refractivity contribution in [2.45, 2.75) is 13.0 Å². The minimum atomic E-state index is 0.662. The Morgan fingerprint density at radius 2 is 1.74 bits per heavy atom. The molecular formula is C16H19ClN2. The van der Waals surface area contributed by atoms with Gasteiger partial charge >= 0.3 is 0 Å². The van der Waals surface area contributed by atoms with Crippen LogP contribution in [0.15, 0.2) is 54.7 Å². The van der Waals surface area contributed by atoms with Crippen molar-refractivity contribution in [3.8, 4) is 0 Å². The number of rotatable bonds is 7. The van der Waals surface area contributed by atoms with Crippen LogP contribution in [0, 0.1) is 0 Å². The number of hydrogen-bond donors (Lipinski definition) is 0. The van der Waals surface area contributed by atoms with E-state index in [1.807, 2.05) is 24.4 Å². The van der Waals surface area contributed by atoms with Gasteiger partial charge in [0.2, 0.25) is 0 Å². The molecule has 0 aliphatic carbocycles. The van der Waals surface area contributed by atoms with Crippen LogP contribution in [0.4, 0.5) is 0 Å². The van der Waals surface area contributed by atoms with Crippen LogP contribution in [-0.2, 0) is 13.0 Å². The van der Waals surface area contributed by atoms with Gasteiger partial charge in [0.15, 0.2) is 0 Å². The summed E-state index contributed by atoms with van der Waals surface area (Å²) in [7, 11) is 0. The van der Waals surface area contributed by atoms with Gasteiger partial charge in [-0.05, 0) is 17.7 Å². The van der Waals surface area contributed by atoms with Crippen molar-refractivity contribution in [3.05, 3.63) is 66.0 Å². The summed E-state index contributed by atoms with van der Waals surface area (Å²) in [5.74, 6) is 0.662. The van der Waals surface area contributed by atoms with Gasteiger partial charge in [-0.1, -0.05) is 36.4 Å². The molecule has 1 aromatic heterocycles. The lowest BCUT2D eigenvalue weighted by atomic mass is 10.2. The fraction of sp³-hybridized carbons (Fsp3) is 0.312. The molecule has 0 saturated carbocycles. The summed E-state index contributed by atoms with van der Waals surface area (Å²) in [6, 6.07) is 16.6. The van der Waals surface area contributed by atoms with Gasteiger partial charge < -0.3 is 0 Å².